The lowest BCUT2D eigenvalue weighted by molar-refractivity contribution is 0.0353. The summed E-state index contributed by atoms with van der Waals surface area (Å²) in [6.07, 6.45) is 4.10. The van der Waals surface area contributed by atoms with Crippen LogP contribution < -0.4 is 10.2 Å². The molecule has 0 saturated carbocycles. The molecule has 7 nitrogen and oxygen atoms in total. The first-order valence-corrected chi connectivity index (χ1v) is 14.0. The fraction of sp³-hybridized carbons (Fsp3) is 0.448. The van der Waals surface area contributed by atoms with Crippen molar-refractivity contribution in [1.82, 2.24) is 9.80 Å². The Kier molecular flexibility index (Phi) is 8.27. The number of unbranched alkanes of at least 4 members (excludes halogenated alkanes) is 2. The van der Waals surface area contributed by atoms with Gasteiger partial charge in [-0.1, -0.05) is 47.8 Å². The highest BCUT2D eigenvalue weighted by molar-refractivity contribution is 9.10. The molecule has 2 aliphatic rings. The second-order valence-corrected chi connectivity index (χ2v) is 10.6. The highest BCUT2D eigenvalue weighted by Crippen LogP contribution is 2.39. The number of amides is 1. The fourth-order valence-corrected chi connectivity index (χ4v) is 5.51. The van der Waals surface area contributed by atoms with Crippen LogP contribution in [0.3, 0.4) is 0 Å². The highest BCUT2D eigenvalue weighted by Gasteiger charge is 2.42. The van der Waals surface area contributed by atoms with E-state index in [9.17, 15) is 9.59 Å². The van der Waals surface area contributed by atoms with Gasteiger partial charge in [0, 0.05) is 30.7 Å². The quantitative estimate of drug-likeness (QED) is 0.305. The first-order valence-electron chi connectivity index (χ1n) is 13.2. The zero-order valence-electron chi connectivity index (χ0n) is 21.2. The second kappa shape index (κ2) is 11.8. The number of rotatable bonds is 10. The molecule has 3 aromatic rings. The molecular formula is C29H33BrN2O5. The van der Waals surface area contributed by atoms with Gasteiger partial charge in [0.15, 0.2) is 5.43 Å². The molecule has 1 saturated heterocycles. The number of fused-ring (bicyclic) bond motifs is 2. The topological polar surface area (TPSA) is 72.2 Å². The Balaban J connectivity index is 1.45. The number of ether oxygens (including phenoxy) is 2. The predicted octanol–water partition coefficient (Wildman–Crippen LogP) is 5.39. The third kappa shape index (κ3) is 5.61. The van der Waals surface area contributed by atoms with Crippen molar-refractivity contribution in [2.24, 2.45) is 0 Å². The number of carbonyl (C=O) groups excluding carboxylic acids is 1. The number of hydrogen-bond acceptors (Lipinski definition) is 6. The van der Waals surface area contributed by atoms with Gasteiger partial charge in [0.2, 0.25) is 5.76 Å². The van der Waals surface area contributed by atoms with Crippen LogP contribution in [0, 0.1) is 0 Å². The lowest BCUT2D eigenvalue weighted by Crippen LogP contribution is -2.38. The van der Waals surface area contributed by atoms with E-state index in [1.165, 1.54) is 0 Å². The lowest BCUT2D eigenvalue weighted by Gasteiger charge is -2.29. The molecule has 2 aliphatic heterocycles. The Morgan fingerprint density at radius 1 is 1.00 bits per heavy atom. The van der Waals surface area contributed by atoms with Crippen LogP contribution in [0.15, 0.2) is 56.1 Å². The van der Waals surface area contributed by atoms with Crippen molar-refractivity contribution >= 4 is 32.8 Å². The number of morpholine rings is 1. The van der Waals surface area contributed by atoms with E-state index in [4.69, 9.17) is 13.9 Å². The number of halogens is 1. The van der Waals surface area contributed by atoms with Gasteiger partial charge in [-0.3, -0.25) is 14.5 Å². The van der Waals surface area contributed by atoms with Crippen LogP contribution >= 0.6 is 15.9 Å². The molecule has 0 aliphatic carbocycles. The summed E-state index contributed by atoms with van der Waals surface area (Å²) in [5.41, 5.74) is 1.55. The molecule has 0 bridgehead atoms. The van der Waals surface area contributed by atoms with Crippen molar-refractivity contribution in [3.63, 3.8) is 0 Å². The fourth-order valence-electron chi connectivity index (χ4n) is 5.15. The summed E-state index contributed by atoms with van der Waals surface area (Å²) in [7, 11) is 0. The van der Waals surface area contributed by atoms with Crippen LogP contribution in [0.2, 0.25) is 0 Å². The summed E-state index contributed by atoms with van der Waals surface area (Å²) in [5.74, 6) is 0.706. The summed E-state index contributed by atoms with van der Waals surface area (Å²) in [6, 6.07) is 12.6. The van der Waals surface area contributed by atoms with E-state index in [2.05, 4.69) is 27.8 Å². The zero-order valence-corrected chi connectivity index (χ0v) is 22.8. The summed E-state index contributed by atoms with van der Waals surface area (Å²) < 4.78 is 18.2. The standard InChI is InChI=1S/C29H33BrN2O5/c1-2-3-4-16-36-22-9-6-20(7-10-22)26-25-27(33)23-19-21(30)8-11-24(23)37-28(25)29(34)32(26)13-5-12-31-14-17-35-18-15-31/h6-11,19,26H,2-5,12-18H2,1H3. The van der Waals surface area contributed by atoms with Crippen molar-refractivity contribution in [3.8, 4) is 5.75 Å². The summed E-state index contributed by atoms with van der Waals surface area (Å²) in [4.78, 5) is 31.5. The van der Waals surface area contributed by atoms with Crippen LogP contribution in [0.1, 0.15) is 60.3 Å². The summed E-state index contributed by atoms with van der Waals surface area (Å²) in [6.45, 7) is 7.52. The van der Waals surface area contributed by atoms with Crippen molar-refractivity contribution in [2.75, 3.05) is 46.0 Å². The van der Waals surface area contributed by atoms with E-state index in [1.54, 1.807) is 17.0 Å². The van der Waals surface area contributed by atoms with Gasteiger partial charge in [-0.25, -0.2) is 0 Å². The average Bonchev–Trinajstić information content (AvgIpc) is 3.20. The maximum absolute atomic E-state index is 13.7. The van der Waals surface area contributed by atoms with Crippen LogP contribution in [0.5, 0.6) is 5.75 Å². The summed E-state index contributed by atoms with van der Waals surface area (Å²) >= 11 is 3.46. The molecule has 1 fully saturated rings. The minimum atomic E-state index is -0.499. The Morgan fingerprint density at radius 2 is 1.78 bits per heavy atom. The molecule has 1 unspecified atom stereocenters. The third-order valence-electron chi connectivity index (χ3n) is 7.12. The maximum Gasteiger partial charge on any atom is 0.290 e. The Hall–Kier alpha value is -2.68. The van der Waals surface area contributed by atoms with Crippen LogP contribution in [0.4, 0.5) is 0 Å². The Bertz CT molecular complexity index is 1300. The van der Waals surface area contributed by atoms with Crippen molar-refractivity contribution < 1.29 is 18.7 Å². The number of hydrogen-bond donors (Lipinski definition) is 0. The molecule has 0 N–H and O–H groups in total. The third-order valence-corrected chi connectivity index (χ3v) is 7.61. The smallest absolute Gasteiger partial charge is 0.290 e. The lowest BCUT2D eigenvalue weighted by atomic mass is 9.98. The SMILES string of the molecule is CCCCCOc1ccc(C2c3c(oc4ccc(Br)cc4c3=O)C(=O)N2CCCN2CCOCC2)cc1. The van der Waals surface area contributed by atoms with Gasteiger partial charge in [-0.15, -0.1) is 0 Å². The van der Waals surface area contributed by atoms with E-state index in [-0.39, 0.29) is 17.1 Å². The molecular weight excluding hydrogens is 536 g/mol. The average molecular weight is 569 g/mol. The first kappa shape index (κ1) is 25.9. The van der Waals surface area contributed by atoms with Crippen molar-refractivity contribution in [2.45, 2.75) is 38.6 Å². The zero-order chi connectivity index (χ0) is 25.8. The van der Waals surface area contributed by atoms with Gasteiger partial charge in [0.05, 0.1) is 36.8 Å². The van der Waals surface area contributed by atoms with Crippen LogP contribution in [-0.2, 0) is 4.74 Å². The van der Waals surface area contributed by atoms with Crippen molar-refractivity contribution in [3.05, 3.63) is 74.0 Å². The summed E-state index contributed by atoms with van der Waals surface area (Å²) in [5, 5.41) is 0.469. The largest absolute Gasteiger partial charge is 0.494 e. The molecule has 8 heteroatoms. The van der Waals surface area contributed by atoms with Gasteiger partial charge >= 0.3 is 0 Å². The van der Waals surface area contributed by atoms with E-state index >= 15 is 0 Å². The van der Waals surface area contributed by atoms with Crippen LogP contribution in [0.25, 0.3) is 11.0 Å². The predicted molar refractivity (Wildman–Crippen MR) is 146 cm³/mol. The molecule has 1 amide bonds. The van der Waals surface area contributed by atoms with E-state index < -0.39 is 6.04 Å². The van der Waals surface area contributed by atoms with Gasteiger partial charge in [-0.2, -0.15) is 0 Å². The second-order valence-electron chi connectivity index (χ2n) is 9.65. The van der Waals surface area contributed by atoms with Gasteiger partial charge in [0.1, 0.15) is 11.3 Å². The maximum atomic E-state index is 13.7. The first-order chi connectivity index (χ1) is 18.1. The minimum absolute atomic E-state index is 0.149. The molecule has 196 valence electrons. The van der Waals surface area contributed by atoms with Crippen molar-refractivity contribution in [1.29, 1.82) is 0 Å². The number of carbonyl (C=O) groups is 1. The molecule has 2 aromatic carbocycles. The Labute approximate surface area is 225 Å². The Morgan fingerprint density at radius 3 is 2.54 bits per heavy atom. The molecule has 3 heterocycles. The van der Waals surface area contributed by atoms with E-state index in [1.807, 2.05) is 30.3 Å². The van der Waals surface area contributed by atoms with E-state index in [0.29, 0.717) is 29.7 Å². The molecule has 1 aromatic heterocycles. The van der Waals surface area contributed by atoms with Gasteiger partial charge in [-0.05, 0) is 48.7 Å². The van der Waals surface area contributed by atoms with Gasteiger partial charge in [0.25, 0.3) is 5.91 Å². The molecule has 37 heavy (non-hydrogen) atoms. The van der Waals surface area contributed by atoms with Crippen LogP contribution in [-0.4, -0.2) is 61.7 Å². The number of nitrogens with zero attached hydrogens (tertiary/aromatic N) is 2. The highest BCUT2D eigenvalue weighted by atomic mass is 79.9. The number of benzene rings is 2. The monoisotopic (exact) mass is 568 g/mol. The molecule has 5 rings (SSSR count). The minimum Gasteiger partial charge on any atom is -0.494 e. The molecule has 0 radical (unpaired) electrons. The van der Waals surface area contributed by atoms with E-state index in [0.717, 1.165) is 74.3 Å². The molecule has 0 spiro atoms. The van der Waals surface area contributed by atoms with Gasteiger partial charge < -0.3 is 18.8 Å². The molecule has 1 atom stereocenters. The normalized spacial score (nSPS) is 17.9.